The van der Waals surface area contributed by atoms with Gasteiger partial charge in [-0.1, -0.05) is 6.07 Å². The fourth-order valence-corrected chi connectivity index (χ4v) is 0.800. The zero-order chi connectivity index (χ0) is 9.68. The first-order chi connectivity index (χ1) is 6.26. The summed E-state index contributed by atoms with van der Waals surface area (Å²) in [5.74, 6) is -0.479. The van der Waals surface area contributed by atoms with Crippen molar-refractivity contribution in [2.45, 2.75) is 0 Å². The minimum Gasteiger partial charge on any atom is -0.481 e. The first-order valence-corrected chi connectivity index (χ1v) is 3.59. The van der Waals surface area contributed by atoms with Crippen LogP contribution in [0.1, 0.15) is 5.69 Å². The molecule has 0 aliphatic heterocycles. The topological polar surface area (TPSA) is 39.2 Å². The average molecular weight is 181 g/mol. The van der Waals surface area contributed by atoms with Gasteiger partial charge in [0.25, 0.3) is 0 Å². The number of hydrogen-bond donors (Lipinski definition) is 0. The lowest BCUT2D eigenvalue weighted by Gasteiger charge is -1.98. The SMILES string of the molecule is COc1cccc(C=C(F)C=O)n1. The van der Waals surface area contributed by atoms with E-state index in [1.54, 1.807) is 18.2 Å². The Kier molecular flexibility index (Phi) is 3.14. The van der Waals surface area contributed by atoms with Crippen molar-refractivity contribution in [1.82, 2.24) is 4.98 Å². The number of methoxy groups -OCH3 is 1. The highest BCUT2D eigenvalue weighted by atomic mass is 19.1. The predicted molar refractivity (Wildman–Crippen MR) is 45.9 cm³/mol. The molecule has 0 unspecified atom stereocenters. The molecule has 13 heavy (non-hydrogen) atoms. The smallest absolute Gasteiger partial charge is 0.213 e. The molecule has 68 valence electrons. The van der Waals surface area contributed by atoms with Gasteiger partial charge in [-0.3, -0.25) is 4.79 Å². The van der Waals surface area contributed by atoms with Crippen LogP contribution in [0.3, 0.4) is 0 Å². The number of rotatable bonds is 3. The lowest BCUT2D eigenvalue weighted by molar-refractivity contribution is -0.106. The van der Waals surface area contributed by atoms with Crippen LogP contribution in [0.15, 0.2) is 24.0 Å². The average Bonchev–Trinajstić information content (AvgIpc) is 2.18. The Balaban J connectivity index is 2.95. The van der Waals surface area contributed by atoms with Gasteiger partial charge in [-0.2, -0.15) is 0 Å². The summed E-state index contributed by atoms with van der Waals surface area (Å²) in [4.78, 5) is 13.8. The summed E-state index contributed by atoms with van der Waals surface area (Å²) in [6.07, 6.45) is 1.16. The van der Waals surface area contributed by atoms with Crippen LogP contribution in [0, 0.1) is 0 Å². The van der Waals surface area contributed by atoms with Crippen LogP contribution >= 0.6 is 0 Å². The number of allylic oxidation sites excluding steroid dienone is 1. The Bertz CT molecular complexity index is 336. The molecule has 0 bridgehead atoms. The van der Waals surface area contributed by atoms with E-state index in [1.165, 1.54) is 7.11 Å². The molecule has 4 heteroatoms. The molecular formula is C9H8FNO2. The van der Waals surface area contributed by atoms with Crippen LogP contribution in [0.25, 0.3) is 6.08 Å². The molecule has 0 spiro atoms. The Hall–Kier alpha value is -1.71. The standard InChI is InChI=1S/C9H8FNO2/c1-13-9-4-2-3-8(11-9)5-7(10)6-12/h2-6H,1H3. The Morgan fingerprint density at radius 3 is 3.00 bits per heavy atom. The van der Waals surface area contributed by atoms with Gasteiger partial charge in [0.1, 0.15) is 0 Å². The molecule has 0 saturated carbocycles. The Morgan fingerprint density at radius 2 is 2.38 bits per heavy atom. The van der Waals surface area contributed by atoms with Crippen molar-refractivity contribution in [2.24, 2.45) is 0 Å². The first kappa shape index (κ1) is 9.38. The number of carbonyl (C=O) groups excluding carboxylic acids is 1. The lowest BCUT2D eigenvalue weighted by atomic mass is 10.3. The molecule has 0 aliphatic carbocycles. The molecule has 1 aromatic heterocycles. The second kappa shape index (κ2) is 4.35. The molecule has 0 amide bonds. The van der Waals surface area contributed by atoms with Crippen LogP contribution in [0.5, 0.6) is 5.88 Å². The third-order valence-corrected chi connectivity index (χ3v) is 1.35. The molecule has 0 fully saturated rings. The van der Waals surface area contributed by atoms with E-state index in [-0.39, 0.29) is 6.29 Å². The minimum absolute atomic E-state index is 0.126. The second-order valence-electron chi connectivity index (χ2n) is 2.25. The van der Waals surface area contributed by atoms with E-state index in [9.17, 15) is 9.18 Å². The molecule has 3 nitrogen and oxygen atoms in total. The van der Waals surface area contributed by atoms with E-state index in [0.717, 1.165) is 6.08 Å². The van der Waals surface area contributed by atoms with E-state index in [1.807, 2.05) is 0 Å². The van der Waals surface area contributed by atoms with Gasteiger partial charge < -0.3 is 4.74 Å². The third-order valence-electron chi connectivity index (χ3n) is 1.35. The normalized spacial score (nSPS) is 11.1. The van der Waals surface area contributed by atoms with Crippen LogP contribution in [-0.4, -0.2) is 18.4 Å². The Labute approximate surface area is 74.9 Å². The zero-order valence-electron chi connectivity index (χ0n) is 7.03. The van der Waals surface area contributed by atoms with Gasteiger partial charge in [-0.05, 0) is 6.07 Å². The molecule has 0 saturated heterocycles. The summed E-state index contributed by atoms with van der Waals surface area (Å²) in [5, 5.41) is 0. The maximum absolute atomic E-state index is 12.5. The number of aromatic nitrogens is 1. The summed E-state index contributed by atoms with van der Waals surface area (Å²) in [5.41, 5.74) is 0.351. The van der Waals surface area contributed by atoms with Crippen LogP contribution in [0.2, 0.25) is 0 Å². The van der Waals surface area contributed by atoms with Crippen molar-refractivity contribution in [3.63, 3.8) is 0 Å². The second-order valence-corrected chi connectivity index (χ2v) is 2.25. The summed E-state index contributed by atoms with van der Waals surface area (Å²) in [6.45, 7) is 0. The number of aldehydes is 1. The monoisotopic (exact) mass is 181 g/mol. The quantitative estimate of drug-likeness (QED) is 0.525. The van der Waals surface area contributed by atoms with Crippen molar-refractivity contribution in [2.75, 3.05) is 7.11 Å². The first-order valence-electron chi connectivity index (χ1n) is 3.59. The van der Waals surface area contributed by atoms with Gasteiger partial charge in [0.2, 0.25) is 5.88 Å². The van der Waals surface area contributed by atoms with Crippen molar-refractivity contribution in [3.05, 3.63) is 29.7 Å². The molecular weight excluding hydrogens is 173 g/mol. The molecule has 0 N–H and O–H groups in total. The summed E-state index contributed by atoms with van der Waals surface area (Å²) in [7, 11) is 1.46. The molecule has 1 aromatic rings. The Morgan fingerprint density at radius 1 is 1.62 bits per heavy atom. The molecule has 0 radical (unpaired) electrons. The van der Waals surface area contributed by atoms with Crippen molar-refractivity contribution in [3.8, 4) is 5.88 Å². The number of halogens is 1. The number of ether oxygens (including phenoxy) is 1. The van der Waals surface area contributed by atoms with Gasteiger partial charge in [-0.25, -0.2) is 9.37 Å². The number of pyridine rings is 1. The zero-order valence-corrected chi connectivity index (χ0v) is 7.03. The van der Waals surface area contributed by atoms with Crippen LogP contribution in [0.4, 0.5) is 4.39 Å². The highest BCUT2D eigenvalue weighted by molar-refractivity contribution is 5.77. The van der Waals surface area contributed by atoms with E-state index in [4.69, 9.17) is 4.74 Å². The van der Waals surface area contributed by atoms with Crippen LogP contribution < -0.4 is 4.74 Å². The molecule has 1 rings (SSSR count). The van der Waals surface area contributed by atoms with Gasteiger partial charge in [-0.15, -0.1) is 0 Å². The van der Waals surface area contributed by atoms with Crippen molar-refractivity contribution >= 4 is 12.4 Å². The number of nitrogens with zero attached hydrogens (tertiary/aromatic N) is 1. The molecule has 0 aliphatic rings. The minimum atomic E-state index is -0.860. The summed E-state index contributed by atoms with van der Waals surface area (Å²) < 4.78 is 17.3. The molecule has 0 atom stereocenters. The predicted octanol–water partition coefficient (Wildman–Crippen LogP) is 1.60. The van der Waals surface area contributed by atoms with Gasteiger partial charge in [0.15, 0.2) is 12.1 Å². The maximum atomic E-state index is 12.5. The van der Waals surface area contributed by atoms with E-state index in [2.05, 4.69) is 4.98 Å². The van der Waals surface area contributed by atoms with E-state index < -0.39 is 5.83 Å². The fraction of sp³-hybridized carbons (Fsp3) is 0.111. The largest absolute Gasteiger partial charge is 0.481 e. The maximum Gasteiger partial charge on any atom is 0.213 e. The summed E-state index contributed by atoms with van der Waals surface area (Å²) >= 11 is 0. The van der Waals surface area contributed by atoms with Gasteiger partial charge >= 0.3 is 0 Å². The van der Waals surface area contributed by atoms with E-state index >= 15 is 0 Å². The number of hydrogen-bond acceptors (Lipinski definition) is 3. The fourth-order valence-electron chi connectivity index (χ4n) is 0.800. The van der Waals surface area contributed by atoms with Gasteiger partial charge in [0.05, 0.1) is 12.8 Å². The van der Waals surface area contributed by atoms with Crippen molar-refractivity contribution < 1.29 is 13.9 Å². The highest BCUT2D eigenvalue weighted by Crippen LogP contribution is 2.09. The third kappa shape index (κ3) is 2.66. The molecule has 0 aromatic carbocycles. The lowest BCUT2D eigenvalue weighted by Crippen LogP contribution is -1.89. The van der Waals surface area contributed by atoms with Crippen molar-refractivity contribution in [1.29, 1.82) is 0 Å². The molecule has 1 heterocycles. The summed E-state index contributed by atoms with van der Waals surface area (Å²) in [6, 6.07) is 4.87. The van der Waals surface area contributed by atoms with Crippen LogP contribution in [-0.2, 0) is 4.79 Å². The highest BCUT2D eigenvalue weighted by Gasteiger charge is 1.96. The van der Waals surface area contributed by atoms with Gasteiger partial charge in [0, 0.05) is 12.1 Å². The number of carbonyl (C=O) groups is 1. The van der Waals surface area contributed by atoms with E-state index in [0.29, 0.717) is 11.6 Å².